The molecular weight excluding hydrogens is 452 g/mol. The van der Waals surface area contributed by atoms with Gasteiger partial charge in [-0.1, -0.05) is 17.7 Å². The fraction of sp³-hybridized carbons (Fsp3) is 0.0952. The number of pyridine rings is 1. The largest absolute Gasteiger partial charge is 0.416 e. The first-order chi connectivity index (χ1) is 15.0. The summed E-state index contributed by atoms with van der Waals surface area (Å²) >= 11 is 6.19. The number of halogens is 5. The first-order valence-electron chi connectivity index (χ1n) is 9.09. The maximum absolute atomic E-state index is 13.8. The molecule has 0 fully saturated rings. The molecule has 1 unspecified atom stereocenters. The summed E-state index contributed by atoms with van der Waals surface area (Å²) in [5.41, 5.74) is 4.60. The van der Waals surface area contributed by atoms with Crippen LogP contribution in [-0.2, 0) is 6.18 Å². The van der Waals surface area contributed by atoms with Gasteiger partial charge < -0.3 is 16.4 Å². The number of carbonyl (C=O) groups is 2. The van der Waals surface area contributed by atoms with Crippen molar-refractivity contribution in [2.45, 2.75) is 12.2 Å². The van der Waals surface area contributed by atoms with Gasteiger partial charge in [0.25, 0.3) is 11.8 Å². The molecule has 0 bridgehead atoms. The second-order valence-corrected chi connectivity index (χ2v) is 7.36. The maximum Gasteiger partial charge on any atom is 0.416 e. The molecule has 0 saturated carbocycles. The average Bonchev–Trinajstić information content (AvgIpc) is 3.06. The topological polar surface area (TPSA) is 97.1 Å². The molecule has 11 heteroatoms. The van der Waals surface area contributed by atoms with E-state index >= 15 is 0 Å². The highest BCUT2D eigenvalue weighted by molar-refractivity contribution is 6.31. The van der Waals surface area contributed by atoms with Crippen molar-refractivity contribution >= 4 is 34.9 Å². The second-order valence-electron chi connectivity index (χ2n) is 6.96. The number of alkyl halides is 3. The number of hydrogen-bond acceptors (Lipinski definition) is 4. The van der Waals surface area contributed by atoms with Gasteiger partial charge in [-0.05, 0) is 42.5 Å². The van der Waals surface area contributed by atoms with Crippen LogP contribution in [0.1, 0.15) is 43.6 Å². The van der Waals surface area contributed by atoms with Crippen LogP contribution in [0.4, 0.5) is 29.1 Å². The third kappa shape index (κ3) is 3.96. The van der Waals surface area contributed by atoms with E-state index in [4.69, 9.17) is 17.3 Å². The Labute approximate surface area is 183 Å². The van der Waals surface area contributed by atoms with Gasteiger partial charge in [0.1, 0.15) is 17.3 Å². The van der Waals surface area contributed by atoms with Gasteiger partial charge in [0.15, 0.2) is 0 Å². The molecular formula is C21H13ClF4N4O2. The zero-order valence-electron chi connectivity index (χ0n) is 15.9. The molecule has 32 heavy (non-hydrogen) atoms. The summed E-state index contributed by atoms with van der Waals surface area (Å²) in [4.78, 5) is 28.8. The van der Waals surface area contributed by atoms with Crippen molar-refractivity contribution in [1.29, 1.82) is 0 Å². The molecule has 2 heterocycles. The van der Waals surface area contributed by atoms with E-state index in [9.17, 15) is 27.2 Å². The number of nitrogens with two attached hydrogens (primary N) is 1. The molecule has 164 valence electrons. The summed E-state index contributed by atoms with van der Waals surface area (Å²) in [5, 5.41) is 5.31. The fourth-order valence-corrected chi connectivity index (χ4v) is 3.68. The van der Waals surface area contributed by atoms with Gasteiger partial charge in [0.05, 0.1) is 11.6 Å². The SMILES string of the molecule is Nc1cc(C(F)(F)F)cc(C(=O)Nc2cccc3c2C(c2cc(F)ccc2Cl)NC3=O)n1. The third-order valence-electron chi connectivity index (χ3n) is 4.84. The van der Waals surface area contributed by atoms with Gasteiger partial charge in [0, 0.05) is 27.4 Å². The molecule has 4 N–H and O–H groups in total. The van der Waals surface area contributed by atoms with Crippen molar-refractivity contribution < 1.29 is 27.2 Å². The first kappa shape index (κ1) is 21.6. The highest BCUT2D eigenvalue weighted by Gasteiger charge is 2.35. The summed E-state index contributed by atoms with van der Waals surface area (Å²) in [7, 11) is 0. The molecule has 3 aromatic rings. The lowest BCUT2D eigenvalue weighted by molar-refractivity contribution is -0.137. The van der Waals surface area contributed by atoms with Gasteiger partial charge in [-0.3, -0.25) is 9.59 Å². The fourth-order valence-electron chi connectivity index (χ4n) is 3.45. The quantitative estimate of drug-likeness (QED) is 0.495. The normalized spacial score (nSPS) is 15.3. The minimum Gasteiger partial charge on any atom is -0.384 e. The lowest BCUT2D eigenvalue weighted by Gasteiger charge is -2.18. The van der Waals surface area contributed by atoms with Crippen LogP contribution in [0.25, 0.3) is 0 Å². The van der Waals surface area contributed by atoms with Gasteiger partial charge in [-0.2, -0.15) is 13.2 Å². The summed E-state index contributed by atoms with van der Waals surface area (Å²) in [5.74, 6) is -2.52. The lowest BCUT2D eigenvalue weighted by atomic mass is 9.96. The first-order valence-corrected chi connectivity index (χ1v) is 9.47. The van der Waals surface area contributed by atoms with E-state index in [1.807, 2.05) is 0 Å². The molecule has 2 aromatic carbocycles. The van der Waals surface area contributed by atoms with Crippen LogP contribution < -0.4 is 16.4 Å². The number of anilines is 2. The van der Waals surface area contributed by atoms with Crippen molar-refractivity contribution in [3.05, 3.63) is 87.3 Å². The minimum absolute atomic E-state index is 0.119. The number of hydrogen-bond donors (Lipinski definition) is 3. The molecule has 1 aromatic heterocycles. The Kier molecular flexibility index (Phi) is 5.25. The molecule has 6 nitrogen and oxygen atoms in total. The number of carbonyl (C=O) groups excluding carboxylic acids is 2. The van der Waals surface area contributed by atoms with Gasteiger partial charge in [-0.25, -0.2) is 9.37 Å². The number of rotatable bonds is 3. The van der Waals surface area contributed by atoms with E-state index in [2.05, 4.69) is 15.6 Å². The smallest absolute Gasteiger partial charge is 0.384 e. The average molecular weight is 465 g/mol. The maximum atomic E-state index is 13.8. The van der Waals surface area contributed by atoms with Gasteiger partial charge >= 0.3 is 6.18 Å². The molecule has 0 aliphatic carbocycles. The molecule has 0 radical (unpaired) electrons. The number of fused-ring (bicyclic) bond motifs is 1. The van der Waals surface area contributed by atoms with Crippen molar-refractivity contribution in [3.8, 4) is 0 Å². The van der Waals surface area contributed by atoms with Crippen molar-refractivity contribution in [2.75, 3.05) is 11.1 Å². The Hall–Kier alpha value is -3.66. The Morgan fingerprint density at radius 2 is 1.91 bits per heavy atom. The second kappa shape index (κ2) is 7.79. The van der Waals surface area contributed by atoms with Crippen LogP contribution in [-0.4, -0.2) is 16.8 Å². The van der Waals surface area contributed by atoms with Gasteiger partial charge in [-0.15, -0.1) is 0 Å². The van der Waals surface area contributed by atoms with E-state index in [0.29, 0.717) is 17.7 Å². The number of benzene rings is 2. The van der Waals surface area contributed by atoms with Crippen molar-refractivity contribution in [3.63, 3.8) is 0 Å². The Morgan fingerprint density at radius 3 is 2.62 bits per heavy atom. The number of nitrogen functional groups attached to an aromatic ring is 1. The minimum atomic E-state index is -4.73. The number of nitrogens with zero attached hydrogens (tertiary/aromatic N) is 1. The highest BCUT2D eigenvalue weighted by atomic mass is 35.5. The number of amides is 2. The highest BCUT2D eigenvalue weighted by Crippen LogP contribution is 2.39. The summed E-state index contributed by atoms with van der Waals surface area (Å²) in [6.45, 7) is 0. The monoisotopic (exact) mass is 464 g/mol. The predicted octanol–water partition coefficient (Wildman–Crippen LogP) is 4.56. The van der Waals surface area contributed by atoms with Crippen LogP contribution in [0.15, 0.2) is 48.5 Å². The zero-order valence-corrected chi connectivity index (χ0v) is 16.7. The Bertz CT molecular complexity index is 1260. The Morgan fingerprint density at radius 1 is 1.16 bits per heavy atom. The van der Waals surface area contributed by atoms with Crippen molar-refractivity contribution in [2.24, 2.45) is 0 Å². The van der Waals surface area contributed by atoms with Crippen LogP contribution in [0.5, 0.6) is 0 Å². The zero-order chi connectivity index (χ0) is 23.2. The van der Waals surface area contributed by atoms with Crippen molar-refractivity contribution in [1.82, 2.24) is 10.3 Å². The third-order valence-corrected chi connectivity index (χ3v) is 5.18. The lowest BCUT2D eigenvalue weighted by Crippen LogP contribution is -2.21. The van der Waals surface area contributed by atoms with E-state index in [1.165, 1.54) is 24.3 Å². The molecule has 2 amide bonds. The standard InChI is InChI=1S/C21H13ClF4N4O2/c22-13-5-4-10(23)8-12(13)18-17-11(19(31)30-18)2-1-3-14(17)29-20(32)15-6-9(21(24,25)26)7-16(27)28-15/h1-8,18H,(H2,27,28)(H,29,32)(H,30,31). The Balaban J connectivity index is 1.75. The van der Waals surface area contributed by atoms with Crippen LogP contribution in [0.3, 0.4) is 0 Å². The van der Waals surface area contributed by atoms with E-state index in [-0.39, 0.29) is 21.8 Å². The van der Waals surface area contributed by atoms with Crippen LogP contribution in [0.2, 0.25) is 5.02 Å². The number of nitrogens with one attached hydrogen (secondary N) is 2. The molecule has 0 saturated heterocycles. The van der Waals surface area contributed by atoms with Crippen LogP contribution >= 0.6 is 11.6 Å². The molecule has 1 atom stereocenters. The molecule has 0 spiro atoms. The molecule has 4 rings (SSSR count). The van der Waals surface area contributed by atoms with Crippen LogP contribution in [0, 0.1) is 5.82 Å². The summed E-state index contributed by atoms with van der Waals surface area (Å²) in [6, 6.07) is 8.35. The van der Waals surface area contributed by atoms with E-state index in [1.54, 1.807) is 0 Å². The summed E-state index contributed by atoms with van der Waals surface area (Å²) < 4.78 is 53.0. The van der Waals surface area contributed by atoms with E-state index < -0.39 is 46.9 Å². The van der Waals surface area contributed by atoms with Gasteiger partial charge in [0.2, 0.25) is 0 Å². The summed E-state index contributed by atoms with van der Waals surface area (Å²) in [6.07, 6.45) is -4.73. The molecule has 1 aliphatic heterocycles. The molecule has 1 aliphatic rings. The van der Waals surface area contributed by atoms with E-state index in [0.717, 1.165) is 12.1 Å². The predicted molar refractivity (Wildman–Crippen MR) is 109 cm³/mol. The number of aromatic nitrogens is 1.